The van der Waals surface area contributed by atoms with E-state index in [4.69, 9.17) is 0 Å². The summed E-state index contributed by atoms with van der Waals surface area (Å²) in [6, 6.07) is 8.69. The van der Waals surface area contributed by atoms with Crippen LogP contribution in [0, 0.1) is 0 Å². The van der Waals surface area contributed by atoms with E-state index in [0.29, 0.717) is 19.0 Å². The lowest BCUT2D eigenvalue weighted by molar-refractivity contribution is 0.508. The highest BCUT2D eigenvalue weighted by molar-refractivity contribution is 14.0. The van der Waals surface area contributed by atoms with Crippen molar-refractivity contribution in [1.82, 2.24) is 15.4 Å². The molecular weight excluding hydrogens is 463 g/mol. The molecule has 0 saturated heterocycles. The summed E-state index contributed by atoms with van der Waals surface area (Å²) in [7, 11) is -1.45. The third kappa shape index (κ3) is 8.68. The van der Waals surface area contributed by atoms with Crippen LogP contribution in [0.1, 0.15) is 38.8 Å². The molecule has 8 heteroatoms. The van der Waals surface area contributed by atoms with Crippen LogP contribution in [-0.4, -0.2) is 46.8 Å². The van der Waals surface area contributed by atoms with E-state index in [1.165, 1.54) is 11.1 Å². The van der Waals surface area contributed by atoms with Crippen molar-refractivity contribution in [3.05, 3.63) is 35.4 Å². The Kier molecular flexibility index (Phi) is 11.4. The first-order valence-electron chi connectivity index (χ1n) is 8.75. The molecule has 0 aliphatic carbocycles. The number of halogens is 1. The number of nitrogens with zero attached hydrogens (tertiary/aromatic N) is 1. The maximum atomic E-state index is 11.4. The Morgan fingerprint density at radius 1 is 1.08 bits per heavy atom. The van der Waals surface area contributed by atoms with Crippen LogP contribution in [0.2, 0.25) is 0 Å². The molecule has 150 valence electrons. The lowest BCUT2D eigenvalue weighted by Gasteiger charge is -2.27. The van der Waals surface area contributed by atoms with E-state index in [0.717, 1.165) is 13.0 Å². The van der Waals surface area contributed by atoms with Gasteiger partial charge in [0.1, 0.15) is 0 Å². The fourth-order valence-electron chi connectivity index (χ4n) is 2.31. The van der Waals surface area contributed by atoms with Crippen LogP contribution >= 0.6 is 24.0 Å². The van der Waals surface area contributed by atoms with Gasteiger partial charge in [0.25, 0.3) is 0 Å². The number of hydrogen-bond donors (Lipinski definition) is 3. The SMILES string of the molecule is CCc1ccc(C(C)(C)CNC(=NC)NCCNS(=O)(=O)CC)cc1.I. The topological polar surface area (TPSA) is 82.6 Å². The van der Waals surface area contributed by atoms with Gasteiger partial charge in [0.05, 0.1) is 5.75 Å². The van der Waals surface area contributed by atoms with Crippen LogP contribution in [0.5, 0.6) is 0 Å². The van der Waals surface area contributed by atoms with E-state index in [2.05, 4.69) is 65.4 Å². The van der Waals surface area contributed by atoms with E-state index in [9.17, 15) is 8.42 Å². The maximum Gasteiger partial charge on any atom is 0.211 e. The number of guanidine groups is 1. The molecule has 0 bridgehead atoms. The van der Waals surface area contributed by atoms with Crippen molar-refractivity contribution in [2.75, 3.05) is 32.4 Å². The molecule has 0 unspecified atom stereocenters. The highest BCUT2D eigenvalue weighted by atomic mass is 127. The first-order chi connectivity index (χ1) is 11.7. The van der Waals surface area contributed by atoms with Gasteiger partial charge >= 0.3 is 0 Å². The van der Waals surface area contributed by atoms with Crippen LogP contribution in [0.4, 0.5) is 0 Å². The predicted octanol–water partition coefficient (Wildman–Crippen LogP) is 2.25. The molecule has 0 heterocycles. The molecule has 1 rings (SSSR count). The number of hydrogen-bond acceptors (Lipinski definition) is 3. The summed E-state index contributed by atoms with van der Waals surface area (Å²) in [5, 5.41) is 6.43. The molecule has 0 aromatic heterocycles. The first kappa shape index (κ1) is 25.1. The molecule has 26 heavy (non-hydrogen) atoms. The van der Waals surface area contributed by atoms with E-state index in [-0.39, 0.29) is 35.1 Å². The van der Waals surface area contributed by atoms with Gasteiger partial charge in [-0.2, -0.15) is 0 Å². The van der Waals surface area contributed by atoms with E-state index >= 15 is 0 Å². The molecule has 0 radical (unpaired) electrons. The largest absolute Gasteiger partial charge is 0.356 e. The second-order valence-corrected chi connectivity index (χ2v) is 8.68. The van der Waals surface area contributed by atoms with Crippen molar-refractivity contribution in [2.45, 2.75) is 39.5 Å². The molecule has 6 nitrogen and oxygen atoms in total. The van der Waals surface area contributed by atoms with Crippen molar-refractivity contribution in [1.29, 1.82) is 0 Å². The minimum Gasteiger partial charge on any atom is -0.356 e. The zero-order chi connectivity index (χ0) is 18.9. The Bertz CT molecular complexity index is 658. The van der Waals surface area contributed by atoms with Crippen LogP contribution in [0.3, 0.4) is 0 Å². The van der Waals surface area contributed by atoms with Crippen LogP contribution in [0.25, 0.3) is 0 Å². The van der Waals surface area contributed by atoms with Crippen molar-refractivity contribution in [2.24, 2.45) is 4.99 Å². The summed E-state index contributed by atoms with van der Waals surface area (Å²) in [4.78, 5) is 4.18. The summed E-state index contributed by atoms with van der Waals surface area (Å²) in [5.74, 6) is 0.749. The Labute approximate surface area is 175 Å². The van der Waals surface area contributed by atoms with Crippen LogP contribution in [0.15, 0.2) is 29.3 Å². The van der Waals surface area contributed by atoms with Crippen LogP contribution in [-0.2, 0) is 21.9 Å². The molecule has 3 N–H and O–H groups in total. The number of aliphatic imine (C=N–C) groups is 1. The fourth-order valence-corrected chi connectivity index (χ4v) is 2.93. The molecule has 1 aromatic rings. The Hall–Kier alpha value is -0.870. The molecule has 0 aliphatic rings. The second kappa shape index (κ2) is 11.8. The monoisotopic (exact) mass is 496 g/mol. The van der Waals surface area contributed by atoms with Gasteiger partial charge in [0.2, 0.25) is 10.0 Å². The number of sulfonamides is 1. The smallest absolute Gasteiger partial charge is 0.211 e. The summed E-state index contributed by atoms with van der Waals surface area (Å²) in [5.41, 5.74) is 2.55. The molecule has 0 amide bonds. The standard InChI is InChI=1S/C18H32N4O2S.HI/c1-6-15-8-10-16(11-9-15)18(3,4)14-21-17(19-5)20-12-13-22-25(23,24)7-2;/h8-11,22H,6-7,12-14H2,1-5H3,(H2,19,20,21);1H. The summed E-state index contributed by atoms with van der Waals surface area (Å²) < 4.78 is 25.3. The Morgan fingerprint density at radius 2 is 1.69 bits per heavy atom. The average Bonchev–Trinajstić information content (AvgIpc) is 2.61. The number of nitrogens with one attached hydrogen (secondary N) is 3. The van der Waals surface area contributed by atoms with Gasteiger partial charge < -0.3 is 10.6 Å². The normalized spacial score (nSPS) is 12.4. The molecule has 0 spiro atoms. The van der Waals surface area contributed by atoms with Gasteiger partial charge in [0.15, 0.2) is 5.96 Å². The Morgan fingerprint density at radius 3 is 2.19 bits per heavy atom. The molecule has 0 saturated carbocycles. The lowest BCUT2D eigenvalue weighted by Crippen LogP contribution is -2.45. The van der Waals surface area contributed by atoms with Crippen molar-refractivity contribution in [3.8, 4) is 0 Å². The van der Waals surface area contributed by atoms with E-state index < -0.39 is 10.0 Å². The zero-order valence-corrected chi connectivity index (χ0v) is 19.6. The van der Waals surface area contributed by atoms with Gasteiger partial charge in [-0.25, -0.2) is 13.1 Å². The summed E-state index contributed by atoms with van der Waals surface area (Å²) in [6.45, 7) is 9.67. The van der Waals surface area contributed by atoms with Gasteiger partial charge in [-0.3, -0.25) is 4.99 Å². The number of benzene rings is 1. The fraction of sp³-hybridized carbons (Fsp3) is 0.611. The highest BCUT2D eigenvalue weighted by Crippen LogP contribution is 2.22. The van der Waals surface area contributed by atoms with E-state index in [1.54, 1.807) is 14.0 Å². The highest BCUT2D eigenvalue weighted by Gasteiger charge is 2.20. The molecular formula is C18H33IN4O2S. The average molecular weight is 496 g/mol. The molecule has 1 aromatic carbocycles. The first-order valence-corrected chi connectivity index (χ1v) is 10.4. The van der Waals surface area contributed by atoms with Gasteiger partial charge in [-0.1, -0.05) is 45.0 Å². The number of aryl methyl sites for hydroxylation is 1. The zero-order valence-electron chi connectivity index (χ0n) is 16.4. The minimum absolute atomic E-state index is 0. The number of rotatable bonds is 9. The minimum atomic E-state index is -3.15. The second-order valence-electron chi connectivity index (χ2n) is 6.58. The quantitative estimate of drug-likeness (QED) is 0.212. The van der Waals surface area contributed by atoms with E-state index in [1.807, 2.05) is 0 Å². The summed E-state index contributed by atoms with van der Waals surface area (Å²) in [6.07, 6.45) is 1.04. The molecule has 0 aliphatic heterocycles. The summed E-state index contributed by atoms with van der Waals surface area (Å²) >= 11 is 0. The lowest BCUT2D eigenvalue weighted by atomic mass is 9.84. The third-order valence-electron chi connectivity index (χ3n) is 4.18. The molecule has 0 atom stereocenters. The van der Waals surface area contributed by atoms with Crippen molar-refractivity contribution < 1.29 is 8.42 Å². The Balaban J connectivity index is 0.00000625. The predicted molar refractivity (Wildman–Crippen MR) is 121 cm³/mol. The van der Waals surface area contributed by atoms with Gasteiger partial charge in [0, 0.05) is 32.1 Å². The van der Waals surface area contributed by atoms with Gasteiger partial charge in [-0.15, -0.1) is 24.0 Å². The van der Waals surface area contributed by atoms with Crippen LogP contribution < -0.4 is 15.4 Å². The third-order valence-corrected chi connectivity index (χ3v) is 5.59. The van der Waals surface area contributed by atoms with Gasteiger partial charge in [-0.05, 0) is 24.5 Å². The van der Waals surface area contributed by atoms with Crippen molar-refractivity contribution in [3.63, 3.8) is 0 Å². The molecule has 0 fully saturated rings. The maximum absolute atomic E-state index is 11.4. The van der Waals surface area contributed by atoms with Crippen molar-refractivity contribution >= 4 is 40.0 Å².